The Bertz CT molecular complexity index is 295. The first-order valence-electron chi connectivity index (χ1n) is 5.10. The molecule has 4 heteroatoms. The van der Waals surface area contributed by atoms with E-state index in [9.17, 15) is 9.59 Å². The molecule has 0 saturated carbocycles. The largest absolute Gasteiger partial charge is 0.422 e. The maximum absolute atomic E-state index is 11.4. The molecular formula is C11H16O4. The molecule has 0 aromatic heterocycles. The third kappa shape index (κ3) is 2.81. The van der Waals surface area contributed by atoms with Crippen LogP contribution in [0.25, 0.3) is 0 Å². The van der Waals surface area contributed by atoms with Crippen LogP contribution in [0.15, 0.2) is 12.2 Å². The molecule has 0 radical (unpaired) electrons. The van der Waals surface area contributed by atoms with E-state index in [-0.39, 0.29) is 5.97 Å². The van der Waals surface area contributed by atoms with Gasteiger partial charge < -0.3 is 9.47 Å². The van der Waals surface area contributed by atoms with Gasteiger partial charge in [0.05, 0.1) is 0 Å². The van der Waals surface area contributed by atoms with Crippen molar-refractivity contribution in [3.8, 4) is 0 Å². The van der Waals surface area contributed by atoms with Crippen molar-refractivity contribution < 1.29 is 19.1 Å². The van der Waals surface area contributed by atoms with Crippen LogP contribution in [0.4, 0.5) is 0 Å². The number of carbonyl (C=O) groups is 2. The van der Waals surface area contributed by atoms with Crippen molar-refractivity contribution in [3.05, 3.63) is 12.2 Å². The Morgan fingerprint density at radius 1 is 1.67 bits per heavy atom. The second kappa shape index (κ2) is 4.47. The fraction of sp³-hybridized carbons (Fsp3) is 0.636. The summed E-state index contributed by atoms with van der Waals surface area (Å²) in [5.74, 6) is -1.88. The summed E-state index contributed by atoms with van der Waals surface area (Å²) in [5.41, 5.74) is 0.310. The third-order valence-electron chi connectivity index (χ3n) is 2.40. The van der Waals surface area contributed by atoms with Crippen LogP contribution in [0.2, 0.25) is 0 Å². The molecule has 1 saturated heterocycles. The Balaban J connectivity index is 2.71. The highest BCUT2D eigenvalue weighted by Gasteiger charge is 2.39. The van der Waals surface area contributed by atoms with Gasteiger partial charge in [0.2, 0.25) is 0 Å². The summed E-state index contributed by atoms with van der Waals surface area (Å²) in [4.78, 5) is 22.5. The van der Waals surface area contributed by atoms with Gasteiger partial charge in [-0.25, -0.2) is 4.79 Å². The maximum Gasteiger partial charge on any atom is 0.336 e. The van der Waals surface area contributed by atoms with E-state index in [1.807, 2.05) is 6.92 Å². The summed E-state index contributed by atoms with van der Waals surface area (Å²) in [5, 5.41) is 0. The van der Waals surface area contributed by atoms with E-state index in [2.05, 4.69) is 6.58 Å². The normalized spacial score (nSPS) is 25.6. The van der Waals surface area contributed by atoms with Crippen LogP contribution in [0.5, 0.6) is 0 Å². The van der Waals surface area contributed by atoms with Crippen LogP contribution in [0.3, 0.4) is 0 Å². The van der Waals surface area contributed by atoms with Crippen molar-refractivity contribution >= 4 is 11.9 Å². The SMILES string of the molecule is C=C(C)C(=O)OC1(CC)CCCC(=O)O1. The second-order valence-electron chi connectivity index (χ2n) is 3.76. The molecule has 1 rings (SSSR count). The zero-order valence-electron chi connectivity index (χ0n) is 9.17. The van der Waals surface area contributed by atoms with Crippen LogP contribution in [-0.2, 0) is 19.1 Å². The summed E-state index contributed by atoms with van der Waals surface area (Å²) in [6.45, 7) is 6.88. The van der Waals surface area contributed by atoms with E-state index in [1.54, 1.807) is 6.92 Å². The summed E-state index contributed by atoms with van der Waals surface area (Å²) < 4.78 is 10.3. The minimum Gasteiger partial charge on any atom is -0.422 e. The molecule has 1 fully saturated rings. The Labute approximate surface area is 89.2 Å². The molecule has 0 N–H and O–H groups in total. The zero-order valence-corrected chi connectivity index (χ0v) is 9.17. The molecule has 0 spiro atoms. The Kier molecular flexibility index (Phi) is 3.50. The fourth-order valence-corrected chi connectivity index (χ4v) is 1.46. The molecule has 0 bridgehead atoms. The summed E-state index contributed by atoms with van der Waals surface area (Å²) in [7, 11) is 0. The smallest absolute Gasteiger partial charge is 0.336 e. The van der Waals surface area contributed by atoms with E-state index in [0.717, 1.165) is 0 Å². The first-order valence-corrected chi connectivity index (χ1v) is 5.10. The lowest BCUT2D eigenvalue weighted by atomic mass is 10.0. The van der Waals surface area contributed by atoms with Gasteiger partial charge in [-0.3, -0.25) is 4.79 Å². The summed E-state index contributed by atoms with van der Waals surface area (Å²) >= 11 is 0. The summed E-state index contributed by atoms with van der Waals surface area (Å²) in [6.07, 6.45) is 2.12. The number of hydrogen-bond acceptors (Lipinski definition) is 4. The van der Waals surface area contributed by atoms with Gasteiger partial charge in [-0.05, 0) is 13.3 Å². The van der Waals surface area contributed by atoms with Gasteiger partial charge in [-0.2, -0.15) is 0 Å². The van der Waals surface area contributed by atoms with E-state index in [0.29, 0.717) is 31.3 Å². The lowest BCUT2D eigenvalue weighted by Gasteiger charge is -2.34. The highest BCUT2D eigenvalue weighted by molar-refractivity contribution is 5.87. The minimum atomic E-state index is -1.06. The molecule has 1 atom stereocenters. The van der Waals surface area contributed by atoms with Crippen molar-refractivity contribution in [2.75, 3.05) is 0 Å². The Morgan fingerprint density at radius 3 is 2.80 bits per heavy atom. The predicted octanol–water partition coefficient (Wildman–Crippen LogP) is 1.94. The number of cyclic esters (lactones) is 1. The van der Waals surface area contributed by atoms with Crippen molar-refractivity contribution in [2.24, 2.45) is 0 Å². The Hall–Kier alpha value is -1.32. The van der Waals surface area contributed by atoms with Gasteiger partial charge in [0.25, 0.3) is 5.79 Å². The topological polar surface area (TPSA) is 52.6 Å². The van der Waals surface area contributed by atoms with Crippen molar-refractivity contribution in [1.82, 2.24) is 0 Å². The number of ether oxygens (including phenoxy) is 2. The van der Waals surface area contributed by atoms with Gasteiger partial charge in [-0.15, -0.1) is 0 Å². The highest BCUT2D eigenvalue weighted by atomic mass is 16.7. The zero-order chi connectivity index (χ0) is 11.5. The molecule has 0 amide bonds. The molecule has 15 heavy (non-hydrogen) atoms. The number of carbonyl (C=O) groups excluding carboxylic acids is 2. The molecule has 1 unspecified atom stereocenters. The van der Waals surface area contributed by atoms with Gasteiger partial charge in [0.1, 0.15) is 0 Å². The molecular weight excluding hydrogens is 196 g/mol. The van der Waals surface area contributed by atoms with Crippen LogP contribution < -0.4 is 0 Å². The van der Waals surface area contributed by atoms with Gasteiger partial charge >= 0.3 is 11.9 Å². The molecule has 1 aliphatic heterocycles. The van der Waals surface area contributed by atoms with Crippen LogP contribution >= 0.6 is 0 Å². The molecule has 1 aliphatic rings. The first-order chi connectivity index (χ1) is 6.99. The molecule has 0 aromatic rings. The average molecular weight is 212 g/mol. The monoisotopic (exact) mass is 212 g/mol. The molecule has 0 aliphatic carbocycles. The van der Waals surface area contributed by atoms with Crippen molar-refractivity contribution in [1.29, 1.82) is 0 Å². The van der Waals surface area contributed by atoms with Gasteiger partial charge in [0.15, 0.2) is 0 Å². The average Bonchev–Trinajstić information content (AvgIpc) is 2.17. The molecule has 84 valence electrons. The standard InChI is InChI=1S/C11H16O4/c1-4-11(15-10(13)8(2)3)7-5-6-9(12)14-11/h2,4-7H2,1,3H3. The van der Waals surface area contributed by atoms with E-state index in [1.165, 1.54) is 0 Å². The van der Waals surface area contributed by atoms with E-state index < -0.39 is 11.8 Å². The van der Waals surface area contributed by atoms with Crippen LogP contribution in [0, 0.1) is 0 Å². The van der Waals surface area contributed by atoms with Gasteiger partial charge in [-0.1, -0.05) is 13.5 Å². The highest BCUT2D eigenvalue weighted by Crippen LogP contribution is 2.30. The van der Waals surface area contributed by atoms with Crippen LogP contribution in [0.1, 0.15) is 39.5 Å². The number of hydrogen-bond donors (Lipinski definition) is 0. The lowest BCUT2D eigenvalue weighted by Crippen LogP contribution is -2.42. The number of esters is 2. The predicted molar refractivity (Wildman–Crippen MR) is 53.9 cm³/mol. The van der Waals surface area contributed by atoms with E-state index in [4.69, 9.17) is 9.47 Å². The molecule has 4 nitrogen and oxygen atoms in total. The maximum atomic E-state index is 11.4. The molecule has 1 heterocycles. The minimum absolute atomic E-state index is 0.308. The second-order valence-corrected chi connectivity index (χ2v) is 3.76. The van der Waals surface area contributed by atoms with Crippen molar-refractivity contribution in [2.45, 2.75) is 45.3 Å². The van der Waals surface area contributed by atoms with Crippen LogP contribution in [-0.4, -0.2) is 17.7 Å². The third-order valence-corrected chi connectivity index (χ3v) is 2.40. The fourth-order valence-electron chi connectivity index (χ4n) is 1.46. The van der Waals surface area contributed by atoms with E-state index >= 15 is 0 Å². The Morgan fingerprint density at radius 2 is 2.33 bits per heavy atom. The molecule has 0 aromatic carbocycles. The van der Waals surface area contributed by atoms with Gasteiger partial charge in [0, 0.05) is 24.8 Å². The summed E-state index contributed by atoms with van der Waals surface area (Å²) in [6, 6.07) is 0. The quantitative estimate of drug-likeness (QED) is 0.530. The van der Waals surface area contributed by atoms with Crippen molar-refractivity contribution in [3.63, 3.8) is 0 Å². The lowest BCUT2D eigenvalue weighted by molar-refractivity contribution is -0.238. The first kappa shape index (κ1) is 11.8. The number of rotatable bonds is 3.